The fourth-order valence-electron chi connectivity index (χ4n) is 3.18. The third-order valence-corrected chi connectivity index (χ3v) is 5.02. The second kappa shape index (κ2) is 11.2. The quantitative estimate of drug-likeness (QED) is 0.367. The topological polar surface area (TPSA) is 69.8 Å². The Morgan fingerprint density at radius 1 is 1.04 bits per heavy atom. The van der Waals surface area contributed by atoms with E-state index in [2.05, 4.69) is 63.2 Å². The highest BCUT2D eigenvalue weighted by Gasteiger charge is 2.16. The van der Waals surface area contributed by atoms with Crippen molar-refractivity contribution in [3.8, 4) is 0 Å². The number of anilines is 2. The molecule has 0 atom stereocenters. The first-order valence-corrected chi connectivity index (χ1v) is 9.76. The molecule has 1 aliphatic rings. The third kappa shape index (κ3) is 6.34. The number of hydrogen-bond donors (Lipinski definition) is 2. The van der Waals surface area contributed by atoms with Crippen LogP contribution in [0.3, 0.4) is 0 Å². The first kappa shape index (κ1) is 22.4. The second-order valence-corrected chi connectivity index (χ2v) is 6.82. The average molecular weight is 494 g/mol. The van der Waals surface area contributed by atoms with Crippen molar-refractivity contribution in [1.82, 2.24) is 9.88 Å². The van der Waals surface area contributed by atoms with Crippen molar-refractivity contribution < 1.29 is 0 Å². The van der Waals surface area contributed by atoms with Crippen LogP contribution in [0.15, 0.2) is 47.6 Å². The highest BCUT2D eigenvalue weighted by Crippen LogP contribution is 2.15. The summed E-state index contributed by atoms with van der Waals surface area (Å²) in [5.41, 5.74) is 9.31. The maximum Gasteiger partial charge on any atom is 0.193 e. The number of aryl methyl sites for hydroxylation is 1. The van der Waals surface area contributed by atoms with Crippen molar-refractivity contribution in [2.75, 3.05) is 42.9 Å². The molecule has 1 aromatic heterocycles. The molecule has 2 aromatic rings. The van der Waals surface area contributed by atoms with Gasteiger partial charge in [-0.2, -0.15) is 0 Å². The molecule has 1 saturated heterocycles. The Morgan fingerprint density at radius 2 is 1.71 bits per heavy atom. The summed E-state index contributed by atoms with van der Waals surface area (Å²) in [7, 11) is 0. The number of nitrogens with zero attached hydrogens (tertiary/aromatic N) is 4. The number of nitrogens with two attached hydrogens (primary N) is 1. The van der Waals surface area contributed by atoms with Crippen molar-refractivity contribution >= 4 is 41.4 Å². The fraction of sp³-hybridized carbons (Fsp3) is 0.429. The van der Waals surface area contributed by atoms with Crippen LogP contribution >= 0.6 is 24.0 Å². The van der Waals surface area contributed by atoms with Crippen LogP contribution in [0.2, 0.25) is 0 Å². The summed E-state index contributed by atoms with van der Waals surface area (Å²) < 4.78 is 0. The minimum Gasteiger partial charge on any atom is -0.370 e. The molecule has 0 aliphatic carbocycles. The molecule has 0 unspecified atom stereocenters. The number of aromatic nitrogens is 1. The minimum absolute atomic E-state index is 0. The van der Waals surface area contributed by atoms with Crippen molar-refractivity contribution in [1.29, 1.82) is 0 Å². The number of pyridine rings is 1. The fourth-order valence-corrected chi connectivity index (χ4v) is 3.18. The summed E-state index contributed by atoms with van der Waals surface area (Å²) in [6, 6.07) is 12.4. The standard InChI is InChI=1S/C21H30N6.HI/c1-3-17-5-8-19(9-6-17)25-21(22)24-16-18-7-10-20(23-15-18)27-13-11-26(4-2)12-14-27;/h5-10,15H,3-4,11-14,16H2,1-2H3,(H3,22,24,25);1H. The van der Waals surface area contributed by atoms with Crippen molar-refractivity contribution in [2.24, 2.45) is 10.7 Å². The van der Waals surface area contributed by atoms with Crippen molar-refractivity contribution in [3.63, 3.8) is 0 Å². The lowest BCUT2D eigenvalue weighted by Crippen LogP contribution is -2.46. The van der Waals surface area contributed by atoms with E-state index in [0.29, 0.717) is 12.5 Å². The summed E-state index contributed by atoms with van der Waals surface area (Å²) in [5.74, 6) is 1.46. The van der Waals surface area contributed by atoms with Gasteiger partial charge < -0.3 is 20.9 Å². The van der Waals surface area contributed by atoms with Gasteiger partial charge in [0.05, 0.1) is 6.54 Å². The minimum atomic E-state index is 0. The van der Waals surface area contributed by atoms with Crippen LogP contribution in [-0.4, -0.2) is 48.6 Å². The van der Waals surface area contributed by atoms with Crippen molar-refractivity contribution in [3.05, 3.63) is 53.7 Å². The zero-order valence-electron chi connectivity index (χ0n) is 16.8. The zero-order valence-corrected chi connectivity index (χ0v) is 19.1. The van der Waals surface area contributed by atoms with Crippen LogP contribution < -0.4 is 16.0 Å². The molecule has 0 bridgehead atoms. The average Bonchev–Trinajstić information content (AvgIpc) is 2.73. The Kier molecular flexibility index (Phi) is 8.98. The molecule has 0 amide bonds. The van der Waals surface area contributed by atoms with Crippen LogP contribution in [0.25, 0.3) is 0 Å². The van der Waals surface area contributed by atoms with E-state index in [1.165, 1.54) is 5.56 Å². The number of guanidine groups is 1. The van der Waals surface area contributed by atoms with Crippen LogP contribution in [0.4, 0.5) is 11.5 Å². The van der Waals surface area contributed by atoms with Gasteiger partial charge in [-0.05, 0) is 42.3 Å². The highest BCUT2D eigenvalue weighted by molar-refractivity contribution is 14.0. The van der Waals surface area contributed by atoms with E-state index in [9.17, 15) is 0 Å². The van der Waals surface area contributed by atoms with Crippen LogP contribution in [-0.2, 0) is 13.0 Å². The molecule has 28 heavy (non-hydrogen) atoms. The molecule has 0 spiro atoms. The van der Waals surface area contributed by atoms with Gasteiger partial charge in [0.2, 0.25) is 0 Å². The monoisotopic (exact) mass is 494 g/mol. The highest BCUT2D eigenvalue weighted by atomic mass is 127. The molecule has 0 saturated carbocycles. The Bertz CT molecular complexity index is 736. The van der Waals surface area contributed by atoms with Gasteiger partial charge in [-0.25, -0.2) is 9.98 Å². The van der Waals surface area contributed by atoms with E-state index in [1.54, 1.807) is 0 Å². The van der Waals surface area contributed by atoms with Gasteiger partial charge in [0.25, 0.3) is 0 Å². The second-order valence-electron chi connectivity index (χ2n) is 6.82. The lowest BCUT2D eigenvalue weighted by atomic mass is 10.1. The summed E-state index contributed by atoms with van der Waals surface area (Å²) in [5, 5.41) is 3.13. The van der Waals surface area contributed by atoms with Gasteiger partial charge in [-0.15, -0.1) is 24.0 Å². The predicted molar refractivity (Wildman–Crippen MR) is 129 cm³/mol. The van der Waals surface area contributed by atoms with Crippen LogP contribution in [0.5, 0.6) is 0 Å². The molecular formula is C21H31IN6. The maximum atomic E-state index is 6.00. The molecular weight excluding hydrogens is 463 g/mol. The first-order chi connectivity index (χ1) is 13.2. The molecule has 1 aliphatic heterocycles. The largest absolute Gasteiger partial charge is 0.370 e. The lowest BCUT2D eigenvalue weighted by molar-refractivity contribution is 0.270. The molecule has 0 radical (unpaired) electrons. The molecule has 2 heterocycles. The normalized spacial score (nSPS) is 15.2. The van der Waals surface area contributed by atoms with Gasteiger partial charge in [0.15, 0.2) is 5.96 Å². The number of hydrogen-bond acceptors (Lipinski definition) is 4. The summed E-state index contributed by atoms with van der Waals surface area (Å²) >= 11 is 0. The van der Waals surface area contributed by atoms with E-state index < -0.39 is 0 Å². The number of aliphatic imine (C=N–C) groups is 1. The Morgan fingerprint density at radius 3 is 2.29 bits per heavy atom. The smallest absolute Gasteiger partial charge is 0.193 e. The van der Waals surface area contributed by atoms with Gasteiger partial charge in [-0.3, -0.25) is 0 Å². The number of nitrogens with one attached hydrogen (secondary N) is 1. The van der Waals surface area contributed by atoms with E-state index in [1.807, 2.05) is 18.3 Å². The van der Waals surface area contributed by atoms with Gasteiger partial charge in [0, 0.05) is 38.1 Å². The molecule has 152 valence electrons. The summed E-state index contributed by atoms with van der Waals surface area (Å²) in [4.78, 5) is 13.8. The predicted octanol–water partition coefficient (Wildman–Crippen LogP) is 3.33. The van der Waals surface area contributed by atoms with Crippen LogP contribution in [0.1, 0.15) is 25.0 Å². The zero-order chi connectivity index (χ0) is 19.1. The van der Waals surface area contributed by atoms with Crippen molar-refractivity contribution in [2.45, 2.75) is 26.8 Å². The molecule has 1 aromatic carbocycles. The van der Waals surface area contributed by atoms with E-state index >= 15 is 0 Å². The van der Waals surface area contributed by atoms with Crippen LogP contribution in [0, 0.1) is 0 Å². The number of halogens is 1. The molecule has 6 nitrogen and oxygen atoms in total. The molecule has 3 N–H and O–H groups in total. The number of piperazine rings is 1. The van der Waals surface area contributed by atoms with E-state index in [0.717, 1.165) is 56.2 Å². The Balaban J connectivity index is 0.00000280. The Labute approximate surface area is 185 Å². The number of likely N-dealkylation sites (N-methyl/N-ethyl adjacent to an activating group) is 1. The van der Waals surface area contributed by atoms with Gasteiger partial charge in [-0.1, -0.05) is 32.0 Å². The SMILES string of the molecule is CCc1ccc(NC(N)=NCc2ccc(N3CCN(CC)CC3)nc2)cc1.I. The summed E-state index contributed by atoms with van der Waals surface area (Å²) in [6.45, 7) is 10.3. The number of benzene rings is 1. The van der Waals surface area contributed by atoms with Gasteiger partial charge in [0.1, 0.15) is 5.82 Å². The molecule has 3 rings (SSSR count). The summed E-state index contributed by atoms with van der Waals surface area (Å²) in [6.07, 6.45) is 2.93. The third-order valence-electron chi connectivity index (χ3n) is 5.02. The van der Waals surface area contributed by atoms with Gasteiger partial charge >= 0.3 is 0 Å². The maximum absolute atomic E-state index is 6.00. The van der Waals surface area contributed by atoms with E-state index in [-0.39, 0.29) is 24.0 Å². The Hall–Kier alpha value is -1.87. The van der Waals surface area contributed by atoms with E-state index in [4.69, 9.17) is 5.73 Å². The number of rotatable bonds is 6. The first-order valence-electron chi connectivity index (χ1n) is 9.76. The lowest BCUT2D eigenvalue weighted by Gasteiger charge is -2.34. The molecule has 7 heteroatoms. The molecule has 1 fully saturated rings.